The second-order valence-corrected chi connectivity index (χ2v) is 5.63. The van der Waals surface area contributed by atoms with Gasteiger partial charge in [0.25, 0.3) is 0 Å². The average molecular weight is 291 g/mol. The molecule has 0 aliphatic carbocycles. The lowest BCUT2D eigenvalue weighted by Crippen LogP contribution is -2.53. The van der Waals surface area contributed by atoms with Crippen molar-refractivity contribution in [2.45, 2.75) is 13.0 Å². The molecule has 1 atom stereocenters. The van der Waals surface area contributed by atoms with Crippen molar-refractivity contribution in [3.63, 3.8) is 0 Å². The number of hydrogen-bond donors (Lipinski definition) is 0. The van der Waals surface area contributed by atoms with Crippen molar-refractivity contribution in [3.8, 4) is 5.75 Å². The fourth-order valence-electron chi connectivity index (χ4n) is 2.70. The van der Waals surface area contributed by atoms with Crippen molar-refractivity contribution in [2.75, 3.05) is 52.3 Å². The topological polar surface area (TPSA) is 36.0 Å². The van der Waals surface area contributed by atoms with E-state index in [-0.39, 0.29) is 11.9 Å². The number of likely N-dealkylation sites (N-methyl/N-ethyl adjacent to an activating group) is 1. The molecule has 0 unspecified atom stereocenters. The van der Waals surface area contributed by atoms with E-state index in [1.165, 1.54) is 5.69 Å². The molecule has 2 rings (SSSR count). The molecular formula is C16H25N3O2. The number of nitrogens with zero attached hydrogens (tertiary/aromatic N) is 3. The molecule has 0 N–H and O–H groups in total. The highest BCUT2D eigenvalue weighted by Gasteiger charge is 2.26. The Morgan fingerprint density at radius 3 is 2.48 bits per heavy atom. The third-order valence-corrected chi connectivity index (χ3v) is 4.08. The number of piperazine rings is 1. The Morgan fingerprint density at radius 1 is 1.24 bits per heavy atom. The molecule has 0 saturated carbocycles. The molecule has 0 aromatic heterocycles. The lowest BCUT2D eigenvalue weighted by Gasteiger charge is -2.39. The molecular weight excluding hydrogens is 266 g/mol. The van der Waals surface area contributed by atoms with Crippen LogP contribution in [-0.2, 0) is 4.79 Å². The summed E-state index contributed by atoms with van der Waals surface area (Å²) >= 11 is 0. The number of anilines is 1. The van der Waals surface area contributed by atoms with Crippen molar-refractivity contribution in [1.29, 1.82) is 0 Å². The van der Waals surface area contributed by atoms with E-state index in [0.717, 1.165) is 31.9 Å². The van der Waals surface area contributed by atoms with Gasteiger partial charge in [0.1, 0.15) is 5.75 Å². The first-order valence-corrected chi connectivity index (χ1v) is 7.37. The summed E-state index contributed by atoms with van der Waals surface area (Å²) in [5, 5.41) is 0. The zero-order chi connectivity index (χ0) is 15.4. The van der Waals surface area contributed by atoms with E-state index in [1.807, 2.05) is 33.2 Å². The lowest BCUT2D eigenvalue weighted by molar-refractivity contribution is -0.133. The summed E-state index contributed by atoms with van der Waals surface area (Å²) in [7, 11) is 5.31. The summed E-state index contributed by atoms with van der Waals surface area (Å²) in [5.74, 6) is 1.05. The summed E-state index contributed by atoms with van der Waals surface area (Å²) in [4.78, 5) is 18.3. The second kappa shape index (κ2) is 6.80. The maximum Gasteiger partial charge on any atom is 0.239 e. The van der Waals surface area contributed by atoms with Gasteiger partial charge in [-0.3, -0.25) is 9.69 Å². The van der Waals surface area contributed by atoms with Gasteiger partial charge in [0.15, 0.2) is 0 Å². The van der Waals surface area contributed by atoms with E-state index < -0.39 is 0 Å². The van der Waals surface area contributed by atoms with Crippen LogP contribution in [0.15, 0.2) is 24.3 Å². The zero-order valence-corrected chi connectivity index (χ0v) is 13.4. The molecule has 1 fully saturated rings. The molecule has 21 heavy (non-hydrogen) atoms. The predicted octanol–water partition coefficient (Wildman–Crippen LogP) is 1.29. The van der Waals surface area contributed by atoms with Crippen LogP contribution >= 0.6 is 0 Å². The highest BCUT2D eigenvalue weighted by Crippen LogP contribution is 2.22. The fraction of sp³-hybridized carbons (Fsp3) is 0.562. The predicted molar refractivity (Wildman–Crippen MR) is 84.9 cm³/mol. The summed E-state index contributed by atoms with van der Waals surface area (Å²) in [5.41, 5.74) is 1.18. The standard InChI is InChI=1S/C16H25N3O2/c1-13(16(20)17(2)3)18-8-10-19(11-9-18)14-6-5-7-15(12-14)21-4/h5-7,12-13H,8-11H2,1-4H3/t13-/m0/s1. The van der Waals surface area contributed by atoms with Crippen molar-refractivity contribution in [1.82, 2.24) is 9.80 Å². The first-order valence-electron chi connectivity index (χ1n) is 7.37. The monoisotopic (exact) mass is 291 g/mol. The Morgan fingerprint density at radius 2 is 1.90 bits per heavy atom. The van der Waals surface area contributed by atoms with Gasteiger partial charge in [-0.15, -0.1) is 0 Å². The molecule has 1 saturated heterocycles. The van der Waals surface area contributed by atoms with Crippen LogP contribution in [0.2, 0.25) is 0 Å². The number of rotatable bonds is 4. The minimum absolute atomic E-state index is 0.0486. The average Bonchev–Trinajstić information content (AvgIpc) is 2.53. The normalized spacial score (nSPS) is 17.4. The number of hydrogen-bond acceptors (Lipinski definition) is 4. The van der Waals surface area contributed by atoms with Crippen LogP contribution in [0.1, 0.15) is 6.92 Å². The van der Waals surface area contributed by atoms with Crippen molar-refractivity contribution in [3.05, 3.63) is 24.3 Å². The summed E-state index contributed by atoms with van der Waals surface area (Å²) < 4.78 is 5.28. The van der Waals surface area contributed by atoms with Gasteiger partial charge < -0.3 is 14.5 Å². The van der Waals surface area contributed by atoms with Crippen LogP contribution < -0.4 is 9.64 Å². The highest BCUT2D eigenvalue weighted by atomic mass is 16.5. The van der Waals surface area contributed by atoms with Gasteiger partial charge in [0, 0.05) is 52.0 Å². The van der Waals surface area contributed by atoms with E-state index >= 15 is 0 Å². The van der Waals surface area contributed by atoms with Crippen LogP contribution in [-0.4, -0.2) is 69.1 Å². The molecule has 1 aliphatic rings. The van der Waals surface area contributed by atoms with Gasteiger partial charge in [-0.2, -0.15) is 0 Å². The van der Waals surface area contributed by atoms with E-state index in [0.29, 0.717) is 0 Å². The van der Waals surface area contributed by atoms with Gasteiger partial charge >= 0.3 is 0 Å². The van der Waals surface area contributed by atoms with Crippen LogP contribution in [0.5, 0.6) is 5.75 Å². The minimum atomic E-state index is -0.0486. The van der Waals surface area contributed by atoms with Crippen molar-refractivity contribution in [2.24, 2.45) is 0 Å². The molecule has 1 aliphatic heterocycles. The molecule has 1 aromatic carbocycles. The van der Waals surface area contributed by atoms with Crippen LogP contribution in [0, 0.1) is 0 Å². The van der Waals surface area contributed by atoms with Gasteiger partial charge in [0.05, 0.1) is 13.2 Å². The number of methoxy groups -OCH3 is 1. The molecule has 0 radical (unpaired) electrons. The Hall–Kier alpha value is -1.75. The maximum absolute atomic E-state index is 12.0. The number of carbonyl (C=O) groups excluding carboxylic acids is 1. The maximum atomic E-state index is 12.0. The Bertz CT molecular complexity index is 482. The van der Waals surface area contributed by atoms with Gasteiger partial charge in [0.2, 0.25) is 5.91 Å². The summed E-state index contributed by atoms with van der Waals surface area (Å²) in [6.07, 6.45) is 0. The number of ether oxygens (including phenoxy) is 1. The number of carbonyl (C=O) groups is 1. The summed E-state index contributed by atoms with van der Waals surface area (Å²) in [6.45, 7) is 5.65. The van der Waals surface area contributed by atoms with Gasteiger partial charge in [-0.1, -0.05) is 6.07 Å². The minimum Gasteiger partial charge on any atom is -0.497 e. The third kappa shape index (κ3) is 3.67. The second-order valence-electron chi connectivity index (χ2n) is 5.63. The summed E-state index contributed by atoms with van der Waals surface area (Å²) in [6, 6.07) is 8.08. The molecule has 116 valence electrons. The Kier molecular flexibility index (Phi) is 5.07. The smallest absolute Gasteiger partial charge is 0.239 e. The zero-order valence-electron chi connectivity index (χ0n) is 13.4. The first-order chi connectivity index (χ1) is 10.0. The SMILES string of the molecule is COc1cccc(N2CCN([C@@H](C)C(=O)N(C)C)CC2)c1. The van der Waals surface area contributed by atoms with Gasteiger partial charge in [-0.25, -0.2) is 0 Å². The lowest BCUT2D eigenvalue weighted by atomic mass is 10.2. The largest absolute Gasteiger partial charge is 0.497 e. The Balaban J connectivity index is 1.95. The molecule has 1 aromatic rings. The molecule has 5 nitrogen and oxygen atoms in total. The number of amides is 1. The molecule has 5 heteroatoms. The fourth-order valence-corrected chi connectivity index (χ4v) is 2.70. The molecule has 1 amide bonds. The highest BCUT2D eigenvalue weighted by molar-refractivity contribution is 5.81. The van der Waals surface area contributed by atoms with E-state index in [9.17, 15) is 4.79 Å². The van der Waals surface area contributed by atoms with Crippen LogP contribution in [0.4, 0.5) is 5.69 Å². The molecule has 1 heterocycles. The number of benzene rings is 1. The van der Waals surface area contributed by atoms with E-state index in [2.05, 4.69) is 21.9 Å². The van der Waals surface area contributed by atoms with Gasteiger partial charge in [-0.05, 0) is 19.1 Å². The third-order valence-electron chi connectivity index (χ3n) is 4.08. The Labute approximate surface area is 127 Å². The molecule has 0 bridgehead atoms. The van der Waals surface area contributed by atoms with E-state index in [4.69, 9.17) is 4.74 Å². The van der Waals surface area contributed by atoms with Crippen molar-refractivity contribution >= 4 is 11.6 Å². The van der Waals surface area contributed by atoms with E-state index in [1.54, 1.807) is 12.0 Å². The first kappa shape index (κ1) is 15.6. The quantitative estimate of drug-likeness (QED) is 0.837. The van der Waals surface area contributed by atoms with Crippen LogP contribution in [0.3, 0.4) is 0 Å². The van der Waals surface area contributed by atoms with Crippen molar-refractivity contribution < 1.29 is 9.53 Å². The van der Waals surface area contributed by atoms with Crippen LogP contribution in [0.25, 0.3) is 0 Å². The molecule has 0 spiro atoms.